The Morgan fingerprint density at radius 2 is 0.937 bits per heavy atom. The van der Waals surface area contributed by atoms with Crippen LogP contribution >= 0.6 is 0 Å². The van der Waals surface area contributed by atoms with E-state index < -0.39 is 8.07 Å². The summed E-state index contributed by atoms with van der Waals surface area (Å²) >= 11 is 0. The molecule has 12 aromatic rings. The zero-order chi connectivity index (χ0) is 41.5. The highest BCUT2D eigenvalue weighted by Gasteiger charge is 2.51. The summed E-state index contributed by atoms with van der Waals surface area (Å²) in [5.74, 6) is 0.728. The maximum atomic E-state index is 5.77. The van der Waals surface area contributed by atoms with E-state index in [1.54, 1.807) is 0 Å². The largest absolute Gasteiger partial charge is 0.309 e. The average Bonchev–Trinajstić information content (AvgIpc) is 3.99. The molecule has 5 heteroatoms. The highest BCUT2D eigenvalue weighted by atomic mass is 28.3. The van der Waals surface area contributed by atoms with Crippen LogP contribution in [0.3, 0.4) is 0 Å². The first kappa shape index (κ1) is 35.6. The zero-order valence-electron chi connectivity index (χ0n) is 34.2. The topological polar surface area (TPSA) is 35.6 Å². The van der Waals surface area contributed by atoms with Gasteiger partial charge in [0.05, 0.1) is 38.8 Å². The lowest BCUT2D eigenvalue weighted by Crippen LogP contribution is -2.73. The molecular weight excluding hydrogens is 781 g/mol. The third kappa shape index (κ3) is 5.08. The molecule has 63 heavy (non-hydrogen) atoms. The first-order valence-electron chi connectivity index (χ1n) is 21.6. The van der Waals surface area contributed by atoms with Gasteiger partial charge in [0, 0.05) is 43.9 Å². The standard InChI is InChI=1S/C58H38N4Si/c1-5-21-39(22-6-1)57-59-55(54-47-32-16-20-36-52(47)63(58(54)60-57,41-25-9-3-10-26-41)42-27-11-4-12-28-42)46-31-15-19-35-50(46)62-48-33-17-13-29-43(48)44-37-38-51-53(56(44)62)45-30-14-18-34-49(45)61(51)40-23-7-2-8-24-40/h1-38H. The number of aromatic nitrogens is 4. The van der Waals surface area contributed by atoms with Gasteiger partial charge in [-0.2, -0.15) is 0 Å². The van der Waals surface area contributed by atoms with E-state index in [0.29, 0.717) is 0 Å². The fourth-order valence-corrected chi connectivity index (χ4v) is 15.7. The van der Waals surface area contributed by atoms with Crippen LogP contribution in [0.1, 0.15) is 0 Å². The monoisotopic (exact) mass is 818 g/mol. The number of rotatable bonds is 6. The average molecular weight is 819 g/mol. The van der Waals surface area contributed by atoms with E-state index in [0.717, 1.165) is 50.4 Å². The van der Waals surface area contributed by atoms with Gasteiger partial charge in [0.25, 0.3) is 0 Å². The maximum Gasteiger partial charge on any atom is 0.203 e. The van der Waals surface area contributed by atoms with Gasteiger partial charge in [-0.3, -0.25) is 0 Å². The van der Waals surface area contributed by atoms with Crippen LogP contribution in [-0.4, -0.2) is 27.2 Å². The fraction of sp³-hybridized carbons (Fsp3) is 0. The molecule has 0 N–H and O–H groups in total. The summed E-state index contributed by atoms with van der Waals surface area (Å²) in [4.78, 5) is 11.5. The van der Waals surface area contributed by atoms with Gasteiger partial charge >= 0.3 is 0 Å². The van der Waals surface area contributed by atoms with Crippen molar-refractivity contribution in [1.29, 1.82) is 0 Å². The van der Waals surface area contributed by atoms with Crippen LogP contribution in [0.15, 0.2) is 231 Å². The summed E-state index contributed by atoms with van der Waals surface area (Å²) in [6.07, 6.45) is 0. The van der Waals surface area contributed by atoms with Crippen LogP contribution in [-0.2, 0) is 0 Å². The Morgan fingerprint density at radius 3 is 1.65 bits per heavy atom. The Hall–Kier alpha value is -8.12. The zero-order valence-corrected chi connectivity index (χ0v) is 35.2. The molecule has 294 valence electrons. The molecule has 9 aromatic carbocycles. The minimum Gasteiger partial charge on any atom is -0.309 e. The van der Waals surface area contributed by atoms with Crippen LogP contribution in [0.2, 0.25) is 0 Å². The Kier molecular flexibility index (Phi) is 7.89. The van der Waals surface area contributed by atoms with Gasteiger partial charge in [0.1, 0.15) is 0 Å². The highest BCUT2D eigenvalue weighted by molar-refractivity contribution is 7.21. The van der Waals surface area contributed by atoms with Crippen molar-refractivity contribution in [2.24, 2.45) is 0 Å². The molecule has 3 aromatic heterocycles. The summed E-state index contributed by atoms with van der Waals surface area (Å²) in [5, 5.41) is 9.93. The van der Waals surface area contributed by atoms with Crippen molar-refractivity contribution >= 4 is 72.6 Å². The van der Waals surface area contributed by atoms with Crippen molar-refractivity contribution < 1.29 is 0 Å². The van der Waals surface area contributed by atoms with Gasteiger partial charge < -0.3 is 9.13 Å². The predicted molar refractivity (Wildman–Crippen MR) is 264 cm³/mol. The highest BCUT2D eigenvalue weighted by Crippen LogP contribution is 2.45. The lowest BCUT2D eigenvalue weighted by molar-refractivity contribution is 1.16. The second-order valence-corrected chi connectivity index (χ2v) is 20.1. The van der Waals surface area contributed by atoms with Gasteiger partial charge in [-0.25, -0.2) is 9.97 Å². The van der Waals surface area contributed by atoms with Crippen molar-refractivity contribution in [3.63, 3.8) is 0 Å². The van der Waals surface area contributed by atoms with Crippen LogP contribution in [0.5, 0.6) is 0 Å². The molecule has 0 aliphatic carbocycles. The summed E-state index contributed by atoms with van der Waals surface area (Å²) in [6.45, 7) is 0. The van der Waals surface area contributed by atoms with Gasteiger partial charge in [0.2, 0.25) is 8.07 Å². The molecule has 1 aliphatic heterocycles. The molecule has 13 rings (SSSR count). The second-order valence-electron chi connectivity index (χ2n) is 16.4. The van der Waals surface area contributed by atoms with Gasteiger partial charge in [0.15, 0.2) is 5.82 Å². The lowest BCUT2D eigenvalue weighted by atomic mass is 9.99. The van der Waals surface area contributed by atoms with Crippen LogP contribution in [0.4, 0.5) is 0 Å². The molecule has 0 radical (unpaired) electrons. The van der Waals surface area contributed by atoms with Crippen molar-refractivity contribution in [2.75, 3.05) is 0 Å². The lowest BCUT2D eigenvalue weighted by Gasteiger charge is -2.30. The molecule has 0 amide bonds. The molecule has 0 spiro atoms. The Morgan fingerprint density at radius 1 is 0.381 bits per heavy atom. The van der Waals surface area contributed by atoms with Gasteiger partial charge in [-0.05, 0) is 57.5 Å². The van der Waals surface area contributed by atoms with E-state index in [9.17, 15) is 0 Å². The predicted octanol–water partition coefficient (Wildman–Crippen LogP) is 11.4. The number of hydrogen-bond acceptors (Lipinski definition) is 2. The van der Waals surface area contributed by atoms with Gasteiger partial charge in [-0.1, -0.05) is 194 Å². The minimum absolute atomic E-state index is 0.728. The van der Waals surface area contributed by atoms with E-state index in [2.05, 4.69) is 240 Å². The summed E-state index contributed by atoms with van der Waals surface area (Å²) in [5.41, 5.74) is 12.2. The maximum absolute atomic E-state index is 5.77. The molecule has 4 heterocycles. The van der Waals surface area contributed by atoms with Crippen molar-refractivity contribution in [1.82, 2.24) is 19.1 Å². The molecule has 0 atom stereocenters. The first-order valence-corrected chi connectivity index (χ1v) is 23.6. The van der Waals surface area contributed by atoms with E-state index in [1.165, 1.54) is 59.2 Å². The number of fused-ring (bicyclic) bond motifs is 10. The summed E-state index contributed by atoms with van der Waals surface area (Å²) < 4.78 is 4.93. The number of benzene rings is 9. The molecular formula is C58H38N4Si. The summed E-state index contributed by atoms with van der Waals surface area (Å²) in [6, 6.07) is 83.8. The third-order valence-corrected chi connectivity index (χ3v) is 17.9. The Labute approximate surface area is 365 Å². The number of nitrogens with zero attached hydrogens (tertiary/aromatic N) is 4. The molecule has 0 fully saturated rings. The van der Waals surface area contributed by atoms with Crippen molar-refractivity contribution in [2.45, 2.75) is 0 Å². The smallest absolute Gasteiger partial charge is 0.203 e. The van der Waals surface area contributed by atoms with Crippen LogP contribution in [0, 0.1) is 0 Å². The Bertz CT molecular complexity index is 3690. The summed E-state index contributed by atoms with van der Waals surface area (Å²) in [7, 11) is -2.98. The van der Waals surface area contributed by atoms with E-state index in [-0.39, 0.29) is 0 Å². The second kappa shape index (κ2) is 14.0. The van der Waals surface area contributed by atoms with Crippen molar-refractivity contribution in [3.05, 3.63) is 231 Å². The number of para-hydroxylation sites is 4. The van der Waals surface area contributed by atoms with E-state index >= 15 is 0 Å². The molecule has 4 nitrogen and oxygen atoms in total. The van der Waals surface area contributed by atoms with Crippen LogP contribution < -0.4 is 20.9 Å². The first-order chi connectivity index (χ1) is 31.3. The SMILES string of the molecule is c1ccc(-c2nc(-c3ccccc3-n3c4ccccc4c4ccc5c(c6ccccc6n5-c5ccccc5)c43)c3c(n2)[Si](c2ccccc2)(c2ccccc2)c2ccccc2-3)cc1. The third-order valence-electron chi connectivity index (χ3n) is 13.2. The molecule has 0 unspecified atom stereocenters. The quantitative estimate of drug-likeness (QED) is 0.157. The molecule has 0 saturated heterocycles. The molecule has 1 aliphatic rings. The number of hydrogen-bond donors (Lipinski definition) is 0. The molecule has 0 bridgehead atoms. The molecule has 0 saturated carbocycles. The van der Waals surface area contributed by atoms with Gasteiger partial charge in [-0.15, -0.1) is 0 Å². The van der Waals surface area contributed by atoms with Crippen LogP contribution in [0.25, 0.3) is 88.8 Å². The van der Waals surface area contributed by atoms with E-state index in [1.807, 2.05) is 0 Å². The Balaban J connectivity index is 1.19. The minimum atomic E-state index is -2.98. The van der Waals surface area contributed by atoms with Crippen molar-refractivity contribution in [3.8, 4) is 45.1 Å². The fourth-order valence-electron chi connectivity index (χ4n) is 10.7. The van der Waals surface area contributed by atoms with E-state index in [4.69, 9.17) is 9.97 Å². The normalized spacial score (nSPS) is 12.9.